The standard InChI is InChI=1S/C19H16N4OS3/c1-11-3-4-12(2)14(7-11)15-8-27-19(22-15)23-16(24)9-26-18-13-5-6-25-17(13)20-10-21-18/h3-8,10H,9H2,1-2H3,(H,22,23,24). The largest absolute Gasteiger partial charge is 0.301 e. The van der Waals surface area contributed by atoms with Crippen LogP contribution in [0.1, 0.15) is 11.1 Å². The first kappa shape index (κ1) is 18.1. The van der Waals surface area contributed by atoms with E-state index >= 15 is 0 Å². The van der Waals surface area contributed by atoms with Crippen molar-refractivity contribution in [2.45, 2.75) is 18.9 Å². The summed E-state index contributed by atoms with van der Waals surface area (Å²) in [7, 11) is 0. The van der Waals surface area contributed by atoms with E-state index < -0.39 is 0 Å². The molecule has 0 fully saturated rings. The van der Waals surface area contributed by atoms with Crippen molar-refractivity contribution in [3.8, 4) is 11.3 Å². The molecule has 0 aliphatic rings. The normalized spacial score (nSPS) is 11.0. The summed E-state index contributed by atoms with van der Waals surface area (Å²) >= 11 is 4.41. The van der Waals surface area contributed by atoms with Gasteiger partial charge in [0, 0.05) is 16.3 Å². The predicted molar refractivity (Wildman–Crippen MR) is 114 cm³/mol. The summed E-state index contributed by atoms with van der Waals surface area (Å²) in [6.45, 7) is 4.13. The van der Waals surface area contributed by atoms with Gasteiger partial charge in [0.05, 0.1) is 11.4 Å². The maximum Gasteiger partial charge on any atom is 0.236 e. The molecule has 0 unspecified atom stereocenters. The summed E-state index contributed by atoms with van der Waals surface area (Å²) in [5.41, 5.74) is 4.35. The van der Waals surface area contributed by atoms with Gasteiger partial charge < -0.3 is 5.32 Å². The molecule has 1 amide bonds. The van der Waals surface area contributed by atoms with Gasteiger partial charge in [-0.15, -0.1) is 22.7 Å². The van der Waals surface area contributed by atoms with Crippen molar-refractivity contribution in [3.63, 3.8) is 0 Å². The lowest BCUT2D eigenvalue weighted by molar-refractivity contribution is -0.113. The molecule has 3 heterocycles. The van der Waals surface area contributed by atoms with Gasteiger partial charge in [0.2, 0.25) is 5.91 Å². The quantitative estimate of drug-likeness (QED) is 0.362. The lowest BCUT2D eigenvalue weighted by atomic mass is 10.0. The van der Waals surface area contributed by atoms with E-state index in [2.05, 4.69) is 52.3 Å². The molecule has 1 N–H and O–H groups in total. The van der Waals surface area contributed by atoms with E-state index in [0.29, 0.717) is 5.13 Å². The fourth-order valence-corrected chi connectivity index (χ4v) is 4.94. The number of nitrogens with one attached hydrogen (secondary N) is 1. The monoisotopic (exact) mass is 412 g/mol. The number of hydrogen-bond acceptors (Lipinski definition) is 7. The lowest BCUT2D eigenvalue weighted by Gasteiger charge is -2.04. The van der Waals surface area contributed by atoms with Crippen LogP contribution < -0.4 is 5.32 Å². The van der Waals surface area contributed by atoms with E-state index in [0.717, 1.165) is 26.5 Å². The van der Waals surface area contributed by atoms with E-state index in [9.17, 15) is 4.79 Å². The summed E-state index contributed by atoms with van der Waals surface area (Å²) in [5.74, 6) is 0.184. The molecule has 27 heavy (non-hydrogen) atoms. The van der Waals surface area contributed by atoms with Crippen molar-refractivity contribution in [1.82, 2.24) is 15.0 Å². The minimum atomic E-state index is -0.0937. The molecule has 0 saturated carbocycles. The molecule has 4 rings (SSSR count). The van der Waals surface area contributed by atoms with Crippen molar-refractivity contribution in [2.75, 3.05) is 11.1 Å². The van der Waals surface area contributed by atoms with Crippen LogP contribution in [-0.4, -0.2) is 26.6 Å². The van der Waals surface area contributed by atoms with Crippen LogP contribution in [0, 0.1) is 13.8 Å². The molecule has 0 bridgehead atoms. The Morgan fingerprint density at radius 2 is 2.07 bits per heavy atom. The zero-order valence-corrected chi connectivity index (χ0v) is 17.2. The Hall–Kier alpha value is -2.29. The van der Waals surface area contributed by atoms with Crippen LogP contribution in [0.2, 0.25) is 0 Å². The summed E-state index contributed by atoms with van der Waals surface area (Å²) in [6.07, 6.45) is 1.54. The van der Waals surface area contributed by atoms with E-state index in [1.165, 1.54) is 40.6 Å². The van der Waals surface area contributed by atoms with Crippen LogP contribution in [0.25, 0.3) is 21.5 Å². The van der Waals surface area contributed by atoms with Crippen molar-refractivity contribution in [3.05, 3.63) is 52.5 Å². The molecule has 4 aromatic rings. The van der Waals surface area contributed by atoms with Crippen molar-refractivity contribution in [1.29, 1.82) is 0 Å². The Balaban J connectivity index is 1.42. The van der Waals surface area contributed by atoms with Crippen LogP contribution >= 0.6 is 34.4 Å². The Morgan fingerprint density at radius 1 is 1.19 bits per heavy atom. The Bertz CT molecular complexity index is 1120. The minimum Gasteiger partial charge on any atom is -0.301 e. The first-order chi connectivity index (χ1) is 13.1. The van der Waals surface area contributed by atoms with E-state index in [4.69, 9.17) is 0 Å². The van der Waals surface area contributed by atoms with Crippen LogP contribution in [-0.2, 0) is 4.79 Å². The van der Waals surface area contributed by atoms with Crippen molar-refractivity contribution < 1.29 is 4.79 Å². The van der Waals surface area contributed by atoms with Gasteiger partial charge >= 0.3 is 0 Å². The molecule has 0 atom stereocenters. The van der Waals surface area contributed by atoms with Crippen molar-refractivity contribution >= 4 is 55.7 Å². The number of carbonyl (C=O) groups is 1. The summed E-state index contributed by atoms with van der Waals surface area (Å²) in [6, 6.07) is 8.28. The smallest absolute Gasteiger partial charge is 0.236 e. The molecule has 0 spiro atoms. The molecule has 1 aromatic carbocycles. The maximum absolute atomic E-state index is 12.3. The predicted octanol–water partition coefficient (Wildman–Crippen LogP) is 5.16. The van der Waals surface area contributed by atoms with Crippen LogP contribution in [0.3, 0.4) is 0 Å². The van der Waals surface area contributed by atoms with Gasteiger partial charge in [-0.3, -0.25) is 4.79 Å². The second-order valence-electron chi connectivity index (χ2n) is 6.01. The fraction of sp³-hybridized carbons (Fsp3) is 0.158. The van der Waals surface area contributed by atoms with Gasteiger partial charge in [0.1, 0.15) is 16.2 Å². The molecule has 0 saturated heterocycles. The highest BCUT2D eigenvalue weighted by molar-refractivity contribution is 8.00. The second-order valence-corrected chi connectivity index (χ2v) is 8.73. The number of aromatic nitrogens is 3. The highest BCUT2D eigenvalue weighted by Crippen LogP contribution is 2.30. The second kappa shape index (κ2) is 7.75. The van der Waals surface area contributed by atoms with Gasteiger partial charge in [-0.25, -0.2) is 15.0 Å². The number of benzene rings is 1. The first-order valence-electron chi connectivity index (χ1n) is 8.24. The molecule has 5 nitrogen and oxygen atoms in total. The van der Waals surface area contributed by atoms with E-state index in [1.54, 1.807) is 11.3 Å². The molecule has 3 aromatic heterocycles. The third kappa shape index (κ3) is 4.02. The van der Waals surface area contributed by atoms with Crippen LogP contribution in [0.15, 0.2) is 46.4 Å². The molecule has 0 radical (unpaired) electrons. The molecule has 0 aliphatic heterocycles. The van der Waals surface area contributed by atoms with Crippen LogP contribution in [0.5, 0.6) is 0 Å². The number of carbonyl (C=O) groups excluding carboxylic acids is 1. The summed E-state index contributed by atoms with van der Waals surface area (Å²) in [5, 5.41) is 9.27. The number of anilines is 1. The zero-order chi connectivity index (χ0) is 18.8. The highest BCUT2D eigenvalue weighted by Gasteiger charge is 2.12. The number of amides is 1. The number of thioether (sulfide) groups is 1. The third-order valence-corrected chi connectivity index (χ3v) is 6.57. The maximum atomic E-state index is 12.3. The third-order valence-electron chi connectivity index (χ3n) is 3.98. The van der Waals surface area contributed by atoms with Gasteiger partial charge in [-0.1, -0.05) is 29.5 Å². The minimum absolute atomic E-state index is 0.0937. The Morgan fingerprint density at radius 3 is 2.96 bits per heavy atom. The van der Waals surface area contributed by atoms with Crippen molar-refractivity contribution in [2.24, 2.45) is 0 Å². The van der Waals surface area contributed by atoms with Gasteiger partial charge in [0.25, 0.3) is 0 Å². The number of fused-ring (bicyclic) bond motifs is 1. The molecule has 8 heteroatoms. The number of aryl methyl sites for hydroxylation is 2. The average molecular weight is 413 g/mol. The van der Waals surface area contributed by atoms with E-state index in [-0.39, 0.29) is 11.7 Å². The van der Waals surface area contributed by atoms with Crippen LogP contribution in [0.4, 0.5) is 5.13 Å². The highest BCUT2D eigenvalue weighted by atomic mass is 32.2. The molecule has 0 aliphatic carbocycles. The Kier molecular flexibility index (Phi) is 5.20. The number of rotatable bonds is 5. The topological polar surface area (TPSA) is 67.8 Å². The number of nitrogens with zero attached hydrogens (tertiary/aromatic N) is 3. The Labute approximate surface area is 168 Å². The molecular formula is C19H16N4OS3. The van der Waals surface area contributed by atoms with E-state index in [1.807, 2.05) is 16.8 Å². The number of thiazole rings is 1. The summed E-state index contributed by atoms with van der Waals surface area (Å²) in [4.78, 5) is 26.3. The van der Waals surface area contributed by atoms with Gasteiger partial charge in [0.15, 0.2) is 5.13 Å². The summed E-state index contributed by atoms with van der Waals surface area (Å²) < 4.78 is 0. The molecule has 136 valence electrons. The number of thiophene rings is 1. The fourth-order valence-electron chi connectivity index (χ4n) is 2.64. The average Bonchev–Trinajstić information content (AvgIpc) is 3.31. The number of hydrogen-bond donors (Lipinski definition) is 1. The SMILES string of the molecule is Cc1ccc(C)c(-c2csc(NC(=O)CSc3ncnc4sccc34)n2)c1. The van der Waals surface area contributed by atoms with Gasteiger partial charge in [-0.2, -0.15) is 0 Å². The first-order valence-corrected chi connectivity index (χ1v) is 11.0. The van der Waals surface area contributed by atoms with Gasteiger partial charge in [-0.05, 0) is 36.9 Å². The molecular weight excluding hydrogens is 396 g/mol. The lowest BCUT2D eigenvalue weighted by Crippen LogP contribution is -2.14. The zero-order valence-electron chi connectivity index (χ0n) is 14.7.